The highest BCUT2D eigenvalue weighted by molar-refractivity contribution is 5.92. The van der Waals surface area contributed by atoms with Crippen LogP contribution in [-0.4, -0.2) is 30.4 Å². The number of rotatable bonds is 5. The maximum absolute atomic E-state index is 12.8. The van der Waals surface area contributed by atoms with E-state index in [0.717, 1.165) is 25.1 Å². The van der Waals surface area contributed by atoms with E-state index in [9.17, 15) is 4.79 Å². The molecule has 1 aliphatic carbocycles. The molecule has 3 nitrogen and oxygen atoms in total. The van der Waals surface area contributed by atoms with Gasteiger partial charge in [-0.1, -0.05) is 29.8 Å². The molecule has 3 heteroatoms. The number of carbonyl (C=O) groups is 1. The minimum Gasteiger partial charge on any atom is -0.342 e. The summed E-state index contributed by atoms with van der Waals surface area (Å²) in [5.74, 6) is 0.542. The van der Waals surface area contributed by atoms with Crippen molar-refractivity contribution in [3.63, 3.8) is 0 Å². The lowest BCUT2D eigenvalue weighted by Gasteiger charge is -2.26. The van der Waals surface area contributed by atoms with Crippen molar-refractivity contribution >= 4 is 5.91 Å². The summed E-state index contributed by atoms with van der Waals surface area (Å²) in [5, 5.41) is 0. The molecule has 0 bridgehead atoms. The highest BCUT2D eigenvalue weighted by atomic mass is 16.2. The van der Waals surface area contributed by atoms with Gasteiger partial charge in [-0.15, -0.1) is 0 Å². The van der Waals surface area contributed by atoms with E-state index in [4.69, 9.17) is 5.73 Å². The number of hydrogen-bond donors (Lipinski definition) is 1. The first-order valence-corrected chi connectivity index (χ1v) is 7.16. The predicted molar refractivity (Wildman–Crippen MR) is 77.9 cm³/mol. The Morgan fingerprint density at radius 2 is 1.89 bits per heavy atom. The fraction of sp³-hybridized carbons (Fsp3) is 0.562. The zero-order valence-electron chi connectivity index (χ0n) is 12.1. The smallest absolute Gasteiger partial charge is 0.233 e. The second kappa shape index (κ2) is 5.33. The van der Waals surface area contributed by atoms with Gasteiger partial charge in [0.15, 0.2) is 0 Å². The van der Waals surface area contributed by atoms with Crippen LogP contribution in [-0.2, 0) is 10.2 Å². The molecule has 0 saturated heterocycles. The highest BCUT2D eigenvalue weighted by Crippen LogP contribution is 2.54. The molecule has 1 fully saturated rings. The Hall–Kier alpha value is -1.35. The second-order valence-corrected chi connectivity index (χ2v) is 5.45. The van der Waals surface area contributed by atoms with E-state index in [0.29, 0.717) is 12.5 Å². The van der Waals surface area contributed by atoms with Gasteiger partial charge in [0, 0.05) is 13.1 Å². The summed E-state index contributed by atoms with van der Waals surface area (Å²) < 4.78 is 0. The van der Waals surface area contributed by atoms with Crippen molar-refractivity contribution in [3.05, 3.63) is 35.4 Å². The fourth-order valence-electron chi connectivity index (χ4n) is 3.00. The average Bonchev–Trinajstić information content (AvgIpc) is 3.16. The van der Waals surface area contributed by atoms with E-state index < -0.39 is 0 Å². The molecule has 0 aromatic heterocycles. The first-order valence-electron chi connectivity index (χ1n) is 7.16. The molecule has 19 heavy (non-hydrogen) atoms. The number of hydrogen-bond acceptors (Lipinski definition) is 2. The van der Waals surface area contributed by atoms with Gasteiger partial charge >= 0.3 is 0 Å². The van der Waals surface area contributed by atoms with E-state index in [1.165, 1.54) is 5.56 Å². The molecule has 0 aliphatic heterocycles. The summed E-state index contributed by atoms with van der Waals surface area (Å²) in [6.45, 7) is 8.24. The number of benzene rings is 1. The quantitative estimate of drug-likeness (QED) is 0.881. The Balaban J connectivity index is 2.34. The van der Waals surface area contributed by atoms with Crippen LogP contribution in [0, 0.1) is 12.8 Å². The lowest BCUT2D eigenvalue weighted by Crippen LogP contribution is -2.40. The topological polar surface area (TPSA) is 46.3 Å². The van der Waals surface area contributed by atoms with Crippen LogP contribution >= 0.6 is 0 Å². The van der Waals surface area contributed by atoms with Gasteiger partial charge in [-0.25, -0.2) is 0 Å². The van der Waals surface area contributed by atoms with Gasteiger partial charge in [-0.2, -0.15) is 0 Å². The van der Waals surface area contributed by atoms with Gasteiger partial charge in [-0.05, 0) is 45.2 Å². The number of aryl methyl sites for hydroxylation is 1. The van der Waals surface area contributed by atoms with Crippen molar-refractivity contribution in [2.75, 3.05) is 19.6 Å². The summed E-state index contributed by atoms with van der Waals surface area (Å²) >= 11 is 0. The summed E-state index contributed by atoms with van der Waals surface area (Å²) in [7, 11) is 0. The van der Waals surface area contributed by atoms with Crippen LogP contribution in [0.2, 0.25) is 0 Å². The van der Waals surface area contributed by atoms with Gasteiger partial charge in [-0.3, -0.25) is 4.79 Å². The number of nitrogens with two attached hydrogens (primary N) is 1. The summed E-state index contributed by atoms with van der Waals surface area (Å²) in [4.78, 5) is 14.7. The molecule has 1 aromatic carbocycles. The molecule has 0 radical (unpaired) electrons. The number of likely N-dealkylation sites (N-methyl/N-ethyl adjacent to an activating group) is 1. The van der Waals surface area contributed by atoms with Crippen LogP contribution < -0.4 is 5.73 Å². The molecule has 2 rings (SSSR count). The Labute approximate surface area is 115 Å². The summed E-state index contributed by atoms with van der Waals surface area (Å²) in [5.41, 5.74) is 7.83. The maximum Gasteiger partial charge on any atom is 0.233 e. The van der Waals surface area contributed by atoms with E-state index >= 15 is 0 Å². The molecule has 1 aromatic rings. The van der Waals surface area contributed by atoms with Crippen molar-refractivity contribution in [2.24, 2.45) is 11.7 Å². The highest BCUT2D eigenvalue weighted by Gasteiger charge is 2.61. The maximum atomic E-state index is 12.8. The van der Waals surface area contributed by atoms with Crippen molar-refractivity contribution in [3.8, 4) is 0 Å². The lowest BCUT2D eigenvalue weighted by atomic mass is 9.90. The fourth-order valence-corrected chi connectivity index (χ4v) is 3.00. The molecular formula is C16H24N2O. The molecule has 1 amide bonds. The van der Waals surface area contributed by atoms with Gasteiger partial charge in [0.25, 0.3) is 0 Å². The molecule has 0 heterocycles. The zero-order valence-corrected chi connectivity index (χ0v) is 12.1. The Morgan fingerprint density at radius 3 is 2.32 bits per heavy atom. The van der Waals surface area contributed by atoms with E-state index in [1.807, 2.05) is 18.7 Å². The molecule has 2 atom stereocenters. The van der Waals surface area contributed by atoms with Crippen LogP contribution in [0.1, 0.15) is 31.4 Å². The van der Waals surface area contributed by atoms with Crippen LogP contribution in [0.5, 0.6) is 0 Å². The standard InChI is InChI=1S/C16H24N2O/c1-4-18(5-2)15(19)16(10-14(16)11-17)13-8-6-12(3)7-9-13/h6-9,14H,4-5,10-11,17H2,1-3H3/t14-,16+/m0/s1. The van der Waals surface area contributed by atoms with E-state index in [2.05, 4.69) is 31.2 Å². The zero-order chi connectivity index (χ0) is 14.0. The van der Waals surface area contributed by atoms with Crippen LogP contribution in [0.25, 0.3) is 0 Å². The predicted octanol–water partition coefficient (Wildman–Crippen LogP) is 2.08. The third-order valence-electron chi connectivity index (χ3n) is 4.39. The second-order valence-electron chi connectivity index (χ2n) is 5.45. The molecule has 2 N–H and O–H groups in total. The van der Waals surface area contributed by atoms with E-state index in [-0.39, 0.29) is 11.3 Å². The minimum atomic E-state index is -0.353. The summed E-state index contributed by atoms with van der Waals surface area (Å²) in [6.07, 6.45) is 0.891. The third kappa shape index (κ3) is 2.27. The average molecular weight is 260 g/mol. The Kier molecular flexibility index (Phi) is 3.95. The van der Waals surface area contributed by atoms with Crippen molar-refractivity contribution in [1.82, 2.24) is 4.90 Å². The molecule has 104 valence electrons. The first kappa shape index (κ1) is 14.1. The molecule has 1 saturated carbocycles. The molecule has 1 aliphatic rings. The molecule has 0 unspecified atom stereocenters. The summed E-state index contributed by atoms with van der Waals surface area (Å²) in [6, 6.07) is 8.34. The minimum absolute atomic E-state index is 0.247. The number of carbonyl (C=O) groups excluding carboxylic acids is 1. The first-order chi connectivity index (χ1) is 9.09. The Bertz CT molecular complexity index is 450. The third-order valence-corrected chi connectivity index (χ3v) is 4.39. The van der Waals surface area contributed by atoms with Crippen molar-refractivity contribution in [2.45, 2.75) is 32.6 Å². The normalized spacial score (nSPS) is 25.2. The molecular weight excluding hydrogens is 236 g/mol. The number of nitrogens with zero attached hydrogens (tertiary/aromatic N) is 1. The van der Waals surface area contributed by atoms with Crippen LogP contribution in [0.4, 0.5) is 0 Å². The lowest BCUT2D eigenvalue weighted by molar-refractivity contribution is -0.134. The van der Waals surface area contributed by atoms with Gasteiger partial charge in [0.1, 0.15) is 0 Å². The SMILES string of the molecule is CCN(CC)C(=O)[C@@]1(c2ccc(C)cc2)C[C@H]1CN. The largest absolute Gasteiger partial charge is 0.342 e. The van der Waals surface area contributed by atoms with Crippen LogP contribution in [0.3, 0.4) is 0 Å². The van der Waals surface area contributed by atoms with Gasteiger partial charge in [0.05, 0.1) is 5.41 Å². The van der Waals surface area contributed by atoms with E-state index in [1.54, 1.807) is 0 Å². The van der Waals surface area contributed by atoms with Crippen LogP contribution in [0.15, 0.2) is 24.3 Å². The number of amides is 1. The monoisotopic (exact) mass is 260 g/mol. The Morgan fingerprint density at radius 1 is 1.32 bits per heavy atom. The van der Waals surface area contributed by atoms with Crippen molar-refractivity contribution < 1.29 is 4.79 Å². The van der Waals surface area contributed by atoms with Gasteiger partial charge in [0.2, 0.25) is 5.91 Å². The van der Waals surface area contributed by atoms with Gasteiger partial charge < -0.3 is 10.6 Å². The molecule has 0 spiro atoms. The van der Waals surface area contributed by atoms with Crippen molar-refractivity contribution in [1.29, 1.82) is 0 Å².